The maximum Gasteiger partial charge on any atom is 0.249 e. The number of rotatable bonds is 9. The maximum absolute atomic E-state index is 12.8. The van der Waals surface area contributed by atoms with Gasteiger partial charge in [-0.15, -0.1) is 5.10 Å². The summed E-state index contributed by atoms with van der Waals surface area (Å²) >= 11 is 0. The summed E-state index contributed by atoms with van der Waals surface area (Å²) in [5.74, 6) is 0.902. The largest absolute Gasteiger partial charge is 0.354 e. The number of carbonyl (C=O) groups excluding carboxylic acids is 1. The number of hydrogen-bond acceptors (Lipinski definition) is 5. The number of aryl methyl sites for hydroxylation is 1. The number of tetrazole rings is 1. The minimum absolute atomic E-state index is 0.110. The van der Waals surface area contributed by atoms with Crippen LogP contribution in [0.1, 0.15) is 36.7 Å². The molecule has 148 valence electrons. The second kappa shape index (κ2) is 9.09. The van der Waals surface area contributed by atoms with Crippen molar-refractivity contribution in [1.82, 2.24) is 35.5 Å². The molecule has 8 heteroatoms. The predicted molar refractivity (Wildman–Crippen MR) is 109 cm³/mol. The van der Waals surface area contributed by atoms with E-state index in [1.165, 1.54) is 11.0 Å². The van der Waals surface area contributed by atoms with Gasteiger partial charge in [-0.1, -0.05) is 48.9 Å². The van der Waals surface area contributed by atoms with Crippen LogP contribution in [-0.2, 0) is 11.2 Å². The highest BCUT2D eigenvalue weighted by Gasteiger charge is 2.23. The number of benzene rings is 2. The number of para-hydroxylation sites is 2. The molecule has 4 aromatic rings. The summed E-state index contributed by atoms with van der Waals surface area (Å²) in [6.45, 7) is 0.615. The van der Waals surface area contributed by atoms with E-state index in [9.17, 15) is 4.79 Å². The van der Waals surface area contributed by atoms with Gasteiger partial charge in [0.2, 0.25) is 5.91 Å². The summed E-state index contributed by atoms with van der Waals surface area (Å²) in [6.07, 6.45) is 5.30. The van der Waals surface area contributed by atoms with Gasteiger partial charge in [0.1, 0.15) is 12.2 Å². The lowest BCUT2D eigenvalue weighted by Gasteiger charge is -2.16. The van der Waals surface area contributed by atoms with Crippen molar-refractivity contribution < 1.29 is 4.79 Å². The molecule has 1 atom stereocenters. The Hall–Kier alpha value is -3.55. The third kappa shape index (κ3) is 4.66. The number of nitrogens with zero attached hydrogens (tertiary/aromatic N) is 5. The number of unbranched alkanes of at least 4 members (excludes halogenated alkanes) is 2. The van der Waals surface area contributed by atoms with Crippen LogP contribution in [0.25, 0.3) is 11.0 Å². The zero-order valence-corrected chi connectivity index (χ0v) is 16.0. The second-order valence-electron chi connectivity index (χ2n) is 6.91. The van der Waals surface area contributed by atoms with Gasteiger partial charge in [-0.3, -0.25) is 4.79 Å². The van der Waals surface area contributed by atoms with Crippen molar-refractivity contribution in [2.24, 2.45) is 0 Å². The average molecular weight is 389 g/mol. The van der Waals surface area contributed by atoms with E-state index >= 15 is 0 Å². The molecule has 29 heavy (non-hydrogen) atoms. The molecule has 0 aliphatic heterocycles. The molecule has 2 aromatic carbocycles. The highest BCUT2D eigenvalue weighted by molar-refractivity contribution is 5.83. The Bertz CT molecular complexity index is 1010. The number of hydrogen-bond donors (Lipinski definition) is 2. The average Bonchev–Trinajstić information content (AvgIpc) is 3.41. The lowest BCUT2D eigenvalue weighted by atomic mass is 10.1. The molecule has 2 N–H and O–H groups in total. The molecule has 0 saturated carbocycles. The van der Waals surface area contributed by atoms with Gasteiger partial charge >= 0.3 is 0 Å². The van der Waals surface area contributed by atoms with Crippen LogP contribution in [0.15, 0.2) is 60.9 Å². The number of fused-ring (bicyclic) bond motifs is 1. The number of aromatic nitrogens is 6. The van der Waals surface area contributed by atoms with E-state index < -0.39 is 6.04 Å². The third-order valence-corrected chi connectivity index (χ3v) is 4.82. The smallest absolute Gasteiger partial charge is 0.249 e. The van der Waals surface area contributed by atoms with Crippen molar-refractivity contribution >= 4 is 16.9 Å². The Labute approximate surface area is 168 Å². The van der Waals surface area contributed by atoms with Crippen molar-refractivity contribution in [3.8, 4) is 0 Å². The fourth-order valence-electron chi connectivity index (χ4n) is 3.37. The van der Waals surface area contributed by atoms with E-state index in [0.29, 0.717) is 6.54 Å². The monoisotopic (exact) mass is 389 g/mol. The summed E-state index contributed by atoms with van der Waals surface area (Å²) in [4.78, 5) is 20.7. The molecular formula is C21H23N7O. The van der Waals surface area contributed by atoms with Gasteiger partial charge in [0.25, 0.3) is 0 Å². The molecule has 0 aliphatic carbocycles. The van der Waals surface area contributed by atoms with E-state index in [0.717, 1.165) is 48.1 Å². The van der Waals surface area contributed by atoms with Crippen LogP contribution < -0.4 is 5.32 Å². The normalized spacial score (nSPS) is 12.1. The second-order valence-corrected chi connectivity index (χ2v) is 6.91. The predicted octanol–water partition coefficient (Wildman–Crippen LogP) is 2.67. The lowest BCUT2D eigenvalue weighted by Crippen LogP contribution is -2.34. The van der Waals surface area contributed by atoms with Gasteiger partial charge in [0.05, 0.1) is 11.0 Å². The first-order valence-corrected chi connectivity index (χ1v) is 9.80. The zero-order valence-electron chi connectivity index (χ0n) is 16.0. The van der Waals surface area contributed by atoms with E-state index in [4.69, 9.17) is 0 Å². The molecule has 0 saturated heterocycles. The van der Waals surface area contributed by atoms with Gasteiger partial charge in [0.15, 0.2) is 6.04 Å². The summed E-state index contributed by atoms with van der Waals surface area (Å²) in [6, 6.07) is 17.0. The van der Waals surface area contributed by atoms with E-state index in [1.54, 1.807) is 0 Å². The number of amides is 1. The minimum atomic E-state index is -0.568. The molecule has 0 spiro atoms. The number of aromatic amines is 1. The number of carbonyl (C=O) groups is 1. The van der Waals surface area contributed by atoms with Crippen molar-refractivity contribution in [3.05, 3.63) is 72.3 Å². The first kappa shape index (κ1) is 18.8. The highest BCUT2D eigenvalue weighted by Crippen LogP contribution is 2.17. The number of imidazole rings is 1. The fraction of sp³-hybridized carbons (Fsp3) is 0.286. The molecule has 2 heterocycles. The van der Waals surface area contributed by atoms with Gasteiger partial charge < -0.3 is 10.3 Å². The summed E-state index contributed by atoms with van der Waals surface area (Å²) in [7, 11) is 0. The zero-order chi connectivity index (χ0) is 19.9. The van der Waals surface area contributed by atoms with Crippen LogP contribution in [0, 0.1) is 0 Å². The Morgan fingerprint density at radius 3 is 2.66 bits per heavy atom. The topological polar surface area (TPSA) is 101 Å². The van der Waals surface area contributed by atoms with Crippen molar-refractivity contribution in [3.63, 3.8) is 0 Å². The Morgan fingerprint density at radius 2 is 1.86 bits per heavy atom. The minimum Gasteiger partial charge on any atom is -0.354 e. The Kier molecular flexibility index (Phi) is 5.89. The van der Waals surface area contributed by atoms with Gasteiger partial charge in [0, 0.05) is 13.0 Å². The van der Waals surface area contributed by atoms with Crippen molar-refractivity contribution in [1.29, 1.82) is 0 Å². The lowest BCUT2D eigenvalue weighted by molar-refractivity contribution is -0.123. The molecule has 0 aliphatic rings. The molecule has 1 amide bonds. The molecule has 2 aromatic heterocycles. The van der Waals surface area contributed by atoms with Gasteiger partial charge in [-0.05, 0) is 41.0 Å². The molecular weight excluding hydrogens is 366 g/mol. The molecule has 8 nitrogen and oxygen atoms in total. The standard InChI is InChI=1S/C21H23N7O/c29-21(20(28-15-23-26-27-28)16-9-3-1-4-10-16)22-14-8-2-5-13-19-24-17-11-6-7-12-18(17)25-19/h1,3-4,6-7,9-12,15,20H,2,5,8,13-14H2,(H,22,29)(H,24,25)/t20-/m0/s1. The van der Waals surface area contributed by atoms with Crippen LogP contribution in [-0.4, -0.2) is 42.6 Å². The van der Waals surface area contributed by atoms with Crippen molar-refractivity contribution in [2.45, 2.75) is 31.7 Å². The first-order chi connectivity index (χ1) is 14.3. The number of H-pyrrole nitrogens is 1. The summed E-state index contributed by atoms with van der Waals surface area (Å²) in [5, 5.41) is 14.2. The Balaban J connectivity index is 1.24. The maximum atomic E-state index is 12.8. The number of nitrogens with one attached hydrogen (secondary N) is 2. The summed E-state index contributed by atoms with van der Waals surface area (Å²) in [5.41, 5.74) is 2.93. The molecule has 4 rings (SSSR count). The van der Waals surface area contributed by atoms with Gasteiger partial charge in [-0.25, -0.2) is 9.67 Å². The van der Waals surface area contributed by atoms with E-state index in [1.807, 2.05) is 54.6 Å². The van der Waals surface area contributed by atoms with Gasteiger partial charge in [-0.2, -0.15) is 0 Å². The summed E-state index contributed by atoms with van der Waals surface area (Å²) < 4.78 is 1.48. The quantitative estimate of drug-likeness (QED) is 0.429. The van der Waals surface area contributed by atoms with Crippen LogP contribution in [0.5, 0.6) is 0 Å². The Morgan fingerprint density at radius 1 is 1.03 bits per heavy atom. The van der Waals surface area contributed by atoms with Crippen LogP contribution in [0.2, 0.25) is 0 Å². The molecule has 0 bridgehead atoms. The van der Waals surface area contributed by atoms with E-state index in [2.05, 4.69) is 30.8 Å². The van der Waals surface area contributed by atoms with E-state index in [-0.39, 0.29) is 5.91 Å². The SMILES string of the molecule is O=C(NCCCCCc1nc2ccccc2[nH]1)[C@H](c1ccccc1)n1cnnn1. The third-order valence-electron chi connectivity index (χ3n) is 4.82. The molecule has 0 fully saturated rings. The molecule has 0 unspecified atom stereocenters. The first-order valence-electron chi connectivity index (χ1n) is 9.80. The highest BCUT2D eigenvalue weighted by atomic mass is 16.2. The van der Waals surface area contributed by atoms with Crippen LogP contribution in [0.3, 0.4) is 0 Å². The van der Waals surface area contributed by atoms with Crippen molar-refractivity contribution in [2.75, 3.05) is 6.54 Å². The fourth-order valence-corrected chi connectivity index (χ4v) is 3.37. The van der Waals surface area contributed by atoms with Crippen LogP contribution in [0.4, 0.5) is 0 Å². The molecule has 0 radical (unpaired) electrons. The van der Waals surface area contributed by atoms with Crippen LogP contribution >= 0.6 is 0 Å².